The summed E-state index contributed by atoms with van der Waals surface area (Å²) < 4.78 is 12.2. The Labute approximate surface area is 148 Å². The first-order valence-corrected chi connectivity index (χ1v) is 9.98. The van der Waals surface area contributed by atoms with Crippen molar-refractivity contribution in [2.24, 2.45) is 5.92 Å². The minimum absolute atomic E-state index is 0.168. The molecule has 1 aromatic heterocycles. The van der Waals surface area contributed by atoms with Gasteiger partial charge in [-0.25, -0.2) is 0 Å². The van der Waals surface area contributed by atoms with Gasteiger partial charge < -0.3 is 14.4 Å². The summed E-state index contributed by atoms with van der Waals surface area (Å²) in [5.74, 6) is 0.956. The van der Waals surface area contributed by atoms with Gasteiger partial charge in [-0.15, -0.1) is 11.3 Å². The van der Waals surface area contributed by atoms with Crippen LogP contribution in [0.5, 0.6) is 0 Å². The molecule has 4 nitrogen and oxygen atoms in total. The Kier molecular flexibility index (Phi) is 4.43. The van der Waals surface area contributed by atoms with Crippen molar-refractivity contribution in [3.63, 3.8) is 0 Å². The van der Waals surface area contributed by atoms with E-state index < -0.39 is 0 Å². The normalized spacial score (nSPS) is 30.2. The first-order chi connectivity index (χ1) is 11.5. The van der Waals surface area contributed by atoms with Crippen molar-refractivity contribution in [3.05, 3.63) is 21.4 Å². The summed E-state index contributed by atoms with van der Waals surface area (Å²) in [5.41, 5.74) is 1.03. The standard InChI is InChI=1S/C19H27NO3S/c1-13-8-17(24-14(13)2)18(21)20-7-3-6-19(12-20)9-16(11-23-19)22-10-15-4-5-15/h8,15-16H,3-7,9-12H2,1-2H3/t16-,19-/m0/s1. The summed E-state index contributed by atoms with van der Waals surface area (Å²) in [6.07, 6.45) is 5.85. The highest BCUT2D eigenvalue weighted by atomic mass is 32.1. The van der Waals surface area contributed by atoms with Crippen LogP contribution in [-0.2, 0) is 9.47 Å². The van der Waals surface area contributed by atoms with Gasteiger partial charge in [-0.05, 0) is 57.1 Å². The van der Waals surface area contributed by atoms with E-state index in [-0.39, 0.29) is 17.6 Å². The van der Waals surface area contributed by atoms with Crippen molar-refractivity contribution in [2.75, 3.05) is 26.3 Å². The maximum absolute atomic E-state index is 12.9. The number of thiophene rings is 1. The van der Waals surface area contributed by atoms with Crippen molar-refractivity contribution in [1.29, 1.82) is 0 Å². The van der Waals surface area contributed by atoms with Crippen LogP contribution in [0.2, 0.25) is 0 Å². The van der Waals surface area contributed by atoms with Gasteiger partial charge in [0.2, 0.25) is 0 Å². The second-order valence-corrected chi connectivity index (χ2v) is 9.03. The molecule has 0 unspecified atom stereocenters. The molecule has 2 atom stereocenters. The summed E-state index contributed by atoms with van der Waals surface area (Å²) in [6.45, 7) is 7.28. The van der Waals surface area contributed by atoms with Crippen LogP contribution in [0.1, 0.15) is 52.2 Å². The van der Waals surface area contributed by atoms with E-state index in [9.17, 15) is 4.79 Å². The molecule has 0 bridgehead atoms. The molecule has 0 radical (unpaired) electrons. The van der Waals surface area contributed by atoms with Crippen LogP contribution >= 0.6 is 11.3 Å². The van der Waals surface area contributed by atoms with Crippen LogP contribution in [0, 0.1) is 19.8 Å². The molecule has 3 fully saturated rings. The van der Waals surface area contributed by atoms with Gasteiger partial charge >= 0.3 is 0 Å². The zero-order valence-corrected chi connectivity index (χ0v) is 15.5. The van der Waals surface area contributed by atoms with Crippen molar-refractivity contribution in [3.8, 4) is 0 Å². The fourth-order valence-electron chi connectivity index (χ4n) is 3.86. The number of aryl methyl sites for hydroxylation is 2. The quantitative estimate of drug-likeness (QED) is 0.834. The molecule has 1 saturated carbocycles. The van der Waals surface area contributed by atoms with E-state index in [2.05, 4.69) is 13.8 Å². The van der Waals surface area contributed by atoms with Crippen LogP contribution in [0.4, 0.5) is 0 Å². The molecule has 0 N–H and O–H groups in total. The maximum atomic E-state index is 12.9. The van der Waals surface area contributed by atoms with Gasteiger partial charge in [0.05, 0.1) is 29.7 Å². The molecular formula is C19H27NO3S. The van der Waals surface area contributed by atoms with Gasteiger partial charge in [0, 0.05) is 24.4 Å². The maximum Gasteiger partial charge on any atom is 0.264 e. The SMILES string of the molecule is Cc1cc(C(=O)N2CCC[C@]3(C[C@H](OCC4CC4)CO3)C2)sc1C. The van der Waals surface area contributed by atoms with Crippen LogP contribution in [-0.4, -0.2) is 48.8 Å². The van der Waals surface area contributed by atoms with Crippen LogP contribution in [0.15, 0.2) is 6.07 Å². The Bertz CT molecular complexity index is 605. The highest BCUT2D eigenvalue weighted by Gasteiger charge is 2.45. The first-order valence-electron chi connectivity index (χ1n) is 9.16. The van der Waals surface area contributed by atoms with E-state index in [1.807, 2.05) is 11.0 Å². The first kappa shape index (κ1) is 16.6. The molecule has 1 aromatic rings. The third-order valence-electron chi connectivity index (χ3n) is 5.64. The number of likely N-dealkylation sites (tertiary alicyclic amines) is 1. The van der Waals surface area contributed by atoms with Gasteiger partial charge in [-0.2, -0.15) is 0 Å². The summed E-state index contributed by atoms with van der Waals surface area (Å²) in [4.78, 5) is 17.0. The third-order valence-corrected chi connectivity index (χ3v) is 6.78. The monoisotopic (exact) mass is 349 g/mol. The zero-order valence-electron chi connectivity index (χ0n) is 14.7. The summed E-state index contributed by atoms with van der Waals surface area (Å²) >= 11 is 1.61. The minimum atomic E-state index is -0.177. The molecule has 24 heavy (non-hydrogen) atoms. The van der Waals surface area contributed by atoms with Crippen LogP contribution in [0.25, 0.3) is 0 Å². The number of hydrogen-bond donors (Lipinski definition) is 0. The molecule has 132 valence electrons. The molecular weight excluding hydrogens is 322 g/mol. The number of nitrogens with zero attached hydrogens (tertiary/aromatic N) is 1. The average molecular weight is 349 g/mol. The summed E-state index contributed by atoms with van der Waals surface area (Å²) in [7, 11) is 0. The second kappa shape index (κ2) is 6.43. The summed E-state index contributed by atoms with van der Waals surface area (Å²) in [5, 5.41) is 0. The smallest absolute Gasteiger partial charge is 0.264 e. The third kappa shape index (κ3) is 3.39. The number of amides is 1. The predicted molar refractivity (Wildman–Crippen MR) is 94.7 cm³/mol. The molecule has 3 heterocycles. The van der Waals surface area contributed by atoms with Crippen LogP contribution in [0.3, 0.4) is 0 Å². The number of piperidine rings is 1. The molecule has 5 heteroatoms. The van der Waals surface area contributed by atoms with E-state index in [0.29, 0.717) is 13.2 Å². The fraction of sp³-hybridized carbons (Fsp3) is 0.737. The van der Waals surface area contributed by atoms with Gasteiger partial charge in [-0.1, -0.05) is 0 Å². The topological polar surface area (TPSA) is 38.8 Å². The Morgan fingerprint density at radius 3 is 3.00 bits per heavy atom. The van der Waals surface area contributed by atoms with Gasteiger partial charge in [0.25, 0.3) is 5.91 Å². The molecule has 2 saturated heterocycles. The number of carbonyl (C=O) groups excluding carboxylic acids is 1. The second-order valence-electron chi connectivity index (χ2n) is 7.78. The zero-order chi connectivity index (χ0) is 16.7. The Hall–Kier alpha value is -0.910. The predicted octanol–water partition coefficient (Wildman–Crippen LogP) is 3.56. The molecule has 1 spiro atoms. The minimum Gasteiger partial charge on any atom is -0.375 e. The van der Waals surface area contributed by atoms with Crippen molar-refractivity contribution < 1.29 is 14.3 Å². The molecule has 1 aliphatic carbocycles. The Morgan fingerprint density at radius 1 is 1.46 bits per heavy atom. The lowest BCUT2D eigenvalue weighted by Crippen LogP contribution is -2.50. The Morgan fingerprint density at radius 2 is 2.29 bits per heavy atom. The fourth-order valence-corrected chi connectivity index (χ4v) is 4.86. The lowest BCUT2D eigenvalue weighted by atomic mass is 9.89. The van der Waals surface area contributed by atoms with E-state index in [0.717, 1.165) is 43.2 Å². The highest BCUT2D eigenvalue weighted by molar-refractivity contribution is 7.14. The van der Waals surface area contributed by atoms with E-state index in [4.69, 9.17) is 9.47 Å². The van der Waals surface area contributed by atoms with Crippen molar-refractivity contribution in [1.82, 2.24) is 4.90 Å². The molecule has 4 rings (SSSR count). The largest absolute Gasteiger partial charge is 0.375 e. The highest BCUT2D eigenvalue weighted by Crippen LogP contribution is 2.38. The van der Waals surface area contributed by atoms with Gasteiger partial charge in [0.15, 0.2) is 0 Å². The molecule has 0 aromatic carbocycles. The van der Waals surface area contributed by atoms with Crippen molar-refractivity contribution >= 4 is 17.2 Å². The lowest BCUT2D eigenvalue weighted by molar-refractivity contribution is -0.0464. The van der Waals surface area contributed by atoms with E-state index in [1.165, 1.54) is 23.3 Å². The van der Waals surface area contributed by atoms with E-state index >= 15 is 0 Å². The van der Waals surface area contributed by atoms with E-state index in [1.54, 1.807) is 11.3 Å². The molecule has 1 amide bonds. The van der Waals surface area contributed by atoms with Crippen LogP contribution < -0.4 is 0 Å². The lowest BCUT2D eigenvalue weighted by Gasteiger charge is -2.39. The van der Waals surface area contributed by atoms with Crippen molar-refractivity contribution in [2.45, 2.75) is 57.7 Å². The number of carbonyl (C=O) groups is 1. The van der Waals surface area contributed by atoms with Gasteiger partial charge in [-0.3, -0.25) is 4.79 Å². The average Bonchev–Trinajstić information content (AvgIpc) is 3.25. The number of hydrogen-bond acceptors (Lipinski definition) is 4. The summed E-state index contributed by atoms with van der Waals surface area (Å²) in [6, 6.07) is 2.03. The molecule has 3 aliphatic rings. The molecule has 2 aliphatic heterocycles. The number of rotatable bonds is 4. The number of ether oxygens (including phenoxy) is 2. The van der Waals surface area contributed by atoms with Gasteiger partial charge in [0.1, 0.15) is 0 Å². The Balaban J connectivity index is 1.39.